The molecule has 0 spiro atoms. The summed E-state index contributed by atoms with van der Waals surface area (Å²) < 4.78 is 0. The quantitative estimate of drug-likeness (QED) is 0.577. The third-order valence-corrected chi connectivity index (χ3v) is 1.15. The van der Waals surface area contributed by atoms with Gasteiger partial charge in [-0.05, 0) is 12.3 Å². The molecule has 0 heterocycles. The summed E-state index contributed by atoms with van der Waals surface area (Å²) in [6, 6.07) is 0. The molecule has 0 aliphatic heterocycles. The Bertz CT molecular complexity index is 166. The average molecular weight is 165 g/mol. The number of likely N-dealkylation sites (N-methyl/N-ethyl adjacent to an activating group) is 1. The van der Waals surface area contributed by atoms with Crippen LogP contribution in [0.3, 0.4) is 0 Å². The predicted molar refractivity (Wildman–Crippen MR) is 57.8 cm³/mol. The van der Waals surface area contributed by atoms with Crippen LogP contribution in [0.1, 0.15) is 13.8 Å². The van der Waals surface area contributed by atoms with E-state index < -0.39 is 0 Å². The first-order chi connectivity index (χ1) is 5.72. The molecule has 12 heavy (non-hydrogen) atoms. The van der Waals surface area contributed by atoms with Crippen molar-refractivity contribution >= 4 is 0 Å². The van der Waals surface area contributed by atoms with Gasteiger partial charge in [0.2, 0.25) is 0 Å². The van der Waals surface area contributed by atoms with Crippen molar-refractivity contribution < 1.29 is 0 Å². The number of rotatable bonds is 4. The second-order valence-electron chi connectivity index (χ2n) is 1.88. The number of allylic oxidation sites excluding steroid dienone is 3. The molecule has 0 atom stereocenters. The lowest BCUT2D eigenvalue weighted by Crippen LogP contribution is -2.05. The maximum atomic E-state index is 3.78. The first-order valence-corrected chi connectivity index (χ1v) is 4.05. The van der Waals surface area contributed by atoms with Gasteiger partial charge in [-0.25, -0.2) is 0 Å². The van der Waals surface area contributed by atoms with Gasteiger partial charge in [-0.15, -0.1) is 0 Å². The molecule has 0 amide bonds. The number of nitrogens with zero attached hydrogens (tertiary/aromatic N) is 1. The highest BCUT2D eigenvalue weighted by molar-refractivity contribution is 5.18. The van der Waals surface area contributed by atoms with Gasteiger partial charge in [0.25, 0.3) is 0 Å². The Morgan fingerprint density at radius 2 is 1.75 bits per heavy atom. The zero-order valence-corrected chi connectivity index (χ0v) is 8.38. The highest BCUT2D eigenvalue weighted by atomic mass is 15.1. The van der Waals surface area contributed by atoms with Crippen molar-refractivity contribution in [3.05, 3.63) is 49.9 Å². The molecule has 0 N–H and O–H groups in total. The summed E-state index contributed by atoms with van der Waals surface area (Å²) >= 11 is 0. The molecule has 1 nitrogen and oxygen atoms in total. The minimum Gasteiger partial charge on any atom is -0.352 e. The molecule has 0 saturated carbocycles. The van der Waals surface area contributed by atoms with Crippen LogP contribution >= 0.6 is 0 Å². The van der Waals surface area contributed by atoms with Gasteiger partial charge in [-0.1, -0.05) is 45.7 Å². The van der Waals surface area contributed by atoms with Gasteiger partial charge in [-0.3, -0.25) is 0 Å². The first-order valence-electron chi connectivity index (χ1n) is 4.05. The average Bonchev–Trinajstić information content (AvgIpc) is 2.16. The van der Waals surface area contributed by atoms with E-state index in [1.807, 2.05) is 37.9 Å². The van der Waals surface area contributed by atoms with E-state index in [2.05, 4.69) is 19.7 Å². The van der Waals surface area contributed by atoms with Gasteiger partial charge in [0.1, 0.15) is 0 Å². The second-order valence-corrected chi connectivity index (χ2v) is 1.88. The zero-order chi connectivity index (χ0) is 9.98. The smallest absolute Gasteiger partial charge is 0.0330 e. The van der Waals surface area contributed by atoms with E-state index in [-0.39, 0.29) is 0 Å². The second kappa shape index (κ2) is 9.76. The van der Waals surface area contributed by atoms with Gasteiger partial charge in [-0.2, -0.15) is 0 Å². The van der Waals surface area contributed by atoms with Crippen molar-refractivity contribution in [2.24, 2.45) is 0 Å². The van der Waals surface area contributed by atoms with Crippen LogP contribution in [-0.2, 0) is 0 Å². The van der Waals surface area contributed by atoms with Crippen LogP contribution in [0.5, 0.6) is 0 Å². The number of hydrogen-bond acceptors (Lipinski definition) is 1. The van der Waals surface area contributed by atoms with E-state index in [0.29, 0.717) is 0 Å². The van der Waals surface area contributed by atoms with E-state index in [4.69, 9.17) is 0 Å². The van der Waals surface area contributed by atoms with E-state index in [0.717, 1.165) is 5.70 Å². The molecule has 0 aromatic rings. The molecule has 0 unspecified atom stereocenters. The SMILES string of the molecule is C=C/C=C\C(=C)N(C)C=C.CC. The van der Waals surface area contributed by atoms with E-state index >= 15 is 0 Å². The van der Waals surface area contributed by atoms with Gasteiger partial charge in [0.15, 0.2) is 0 Å². The van der Waals surface area contributed by atoms with Crippen LogP contribution in [0.15, 0.2) is 49.9 Å². The molecule has 0 aromatic carbocycles. The molecular formula is C11H19N. The summed E-state index contributed by atoms with van der Waals surface area (Å²) in [5.41, 5.74) is 0.898. The minimum absolute atomic E-state index is 0.898. The third-order valence-electron chi connectivity index (χ3n) is 1.15. The van der Waals surface area contributed by atoms with Gasteiger partial charge in [0.05, 0.1) is 0 Å². The summed E-state index contributed by atoms with van der Waals surface area (Å²) in [6.07, 6.45) is 7.12. The molecule has 68 valence electrons. The fourth-order valence-corrected chi connectivity index (χ4v) is 0.414. The van der Waals surface area contributed by atoms with Crippen LogP contribution in [0, 0.1) is 0 Å². The molecule has 0 radical (unpaired) electrons. The van der Waals surface area contributed by atoms with Gasteiger partial charge >= 0.3 is 0 Å². The molecule has 0 fully saturated rings. The molecule has 0 saturated heterocycles. The van der Waals surface area contributed by atoms with Crippen molar-refractivity contribution in [3.63, 3.8) is 0 Å². The van der Waals surface area contributed by atoms with Crippen LogP contribution in [0.2, 0.25) is 0 Å². The summed E-state index contributed by atoms with van der Waals surface area (Å²) in [4.78, 5) is 1.83. The van der Waals surface area contributed by atoms with Crippen LogP contribution in [0.25, 0.3) is 0 Å². The predicted octanol–water partition coefficient (Wildman–Crippen LogP) is 3.34. The first kappa shape index (κ1) is 13.4. The number of hydrogen-bond donors (Lipinski definition) is 0. The lowest BCUT2D eigenvalue weighted by molar-refractivity contribution is 0.593. The fraction of sp³-hybridized carbons (Fsp3) is 0.273. The topological polar surface area (TPSA) is 3.24 Å². The maximum Gasteiger partial charge on any atom is 0.0330 e. The lowest BCUT2D eigenvalue weighted by atomic mass is 10.4. The Morgan fingerprint density at radius 1 is 1.25 bits per heavy atom. The van der Waals surface area contributed by atoms with Gasteiger partial charge in [0, 0.05) is 12.7 Å². The van der Waals surface area contributed by atoms with Crippen LogP contribution in [-0.4, -0.2) is 11.9 Å². The van der Waals surface area contributed by atoms with E-state index in [1.54, 1.807) is 12.3 Å². The Morgan fingerprint density at radius 3 is 2.08 bits per heavy atom. The Hall–Kier alpha value is -1.24. The summed E-state index contributed by atoms with van der Waals surface area (Å²) in [5, 5.41) is 0. The summed E-state index contributed by atoms with van der Waals surface area (Å²) in [7, 11) is 1.89. The van der Waals surface area contributed by atoms with Crippen molar-refractivity contribution in [1.82, 2.24) is 4.90 Å². The summed E-state index contributed by atoms with van der Waals surface area (Å²) in [6.45, 7) is 14.9. The minimum atomic E-state index is 0.898. The van der Waals surface area contributed by atoms with Crippen LogP contribution < -0.4 is 0 Å². The van der Waals surface area contributed by atoms with E-state index in [1.165, 1.54) is 0 Å². The highest BCUT2D eigenvalue weighted by Gasteiger charge is 1.88. The monoisotopic (exact) mass is 165 g/mol. The molecule has 1 heteroatoms. The Kier molecular flexibility index (Phi) is 10.9. The molecule has 0 bridgehead atoms. The highest BCUT2D eigenvalue weighted by Crippen LogP contribution is 1.98. The molecule has 0 aliphatic carbocycles. The molecular weight excluding hydrogens is 146 g/mol. The van der Waals surface area contributed by atoms with E-state index in [9.17, 15) is 0 Å². The molecule has 0 aromatic heterocycles. The largest absolute Gasteiger partial charge is 0.352 e. The zero-order valence-electron chi connectivity index (χ0n) is 8.38. The summed E-state index contributed by atoms with van der Waals surface area (Å²) in [5.74, 6) is 0. The van der Waals surface area contributed by atoms with Crippen molar-refractivity contribution in [1.29, 1.82) is 0 Å². The standard InChI is InChI=1S/C9H13N.C2H6/c1-5-7-8-9(3)10(4)6-2;1-2/h5-8H,1-3H2,4H3;1-2H3/b8-7-;. The molecule has 0 aliphatic rings. The Labute approximate surface area is 76.4 Å². The normalized spacial score (nSPS) is 8.25. The lowest BCUT2D eigenvalue weighted by Gasteiger charge is -2.11. The van der Waals surface area contributed by atoms with Crippen molar-refractivity contribution in [2.45, 2.75) is 13.8 Å². The maximum absolute atomic E-state index is 3.78. The fourth-order valence-electron chi connectivity index (χ4n) is 0.414. The van der Waals surface area contributed by atoms with Crippen molar-refractivity contribution in [3.8, 4) is 0 Å². The van der Waals surface area contributed by atoms with Crippen molar-refractivity contribution in [2.75, 3.05) is 7.05 Å². The van der Waals surface area contributed by atoms with Crippen LogP contribution in [0.4, 0.5) is 0 Å². The molecule has 0 rings (SSSR count). The Balaban J connectivity index is 0. The third kappa shape index (κ3) is 6.87. The van der Waals surface area contributed by atoms with Gasteiger partial charge < -0.3 is 4.90 Å².